The van der Waals surface area contributed by atoms with Crippen LogP contribution in [-0.4, -0.2) is 50.5 Å². The van der Waals surface area contributed by atoms with Crippen molar-refractivity contribution in [3.63, 3.8) is 0 Å². The number of furan rings is 1. The minimum atomic E-state index is -4.00. The maximum absolute atomic E-state index is 12.3. The predicted molar refractivity (Wildman–Crippen MR) is 74.4 cm³/mol. The van der Waals surface area contributed by atoms with Crippen LogP contribution in [0.15, 0.2) is 20.0 Å². The molecule has 1 aromatic rings. The van der Waals surface area contributed by atoms with Crippen LogP contribution in [0.5, 0.6) is 0 Å². The molecule has 1 heterocycles. The van der Waals surface area contributed by atoms with Crippen LogP contribution in [0.2, 0.25) is 0 Å². The number of methoxy groups -OCH3 is 1. The van der Waals surface area contributed by atoms with E-state index in [-0.39, 0.29) is 16.1 Å². The first kappa shape index (κ1) is 17.7. The Morgan fingerprint density at radius 1 is 1.52 bits per heavy atom. The predicted octanol–water partition coefficient (Wildman–Crippen LogP) is 1.17. The van der Waals surface area contributed by atoms with Crippen molar-refractivity contribution in [1.82, 2.24) is 4.31 Å². The molecular weight excluding hydrogens is 370 g/mol. The second kappa shape index (κ2) is 6.58. The Hall–Kier alpha value is -1.39. The van der Waals surface area contributed by atoms with Crippen molar-refractivity contribution in [2.75, 3.05) is 20.7 Å². The number of nitrogens with zero attached hydrogens (tertiary/aromatic N) is 1. The molecule has 1 N–H and O–H groups in total. The minimum Gasteiger partial charge on any atom is -0.475 e. The highest BCUT2D eigenvalue weighted by molar-refractivity contribution is 9.10. The molecule has 0 fully saturated rings. The molecule has 21 heavy (non-hydrogen) atoms. The lowest BCUT2D eigenvalue weighted by molar-refractivity contribution is -0.144. The third-order valence-corrected chi connectivity index (χ3v) is 5.37. The number of carboxylic acids is 1. The van der Waals surface area contributed by atoms with Crippen molar-refractivity contribution in [1.29, 1.82) is 0 Å². The van der Waals surface area contributed by atoms with E-state index in [0.29, 0.717) is 0 Å². The first-order valence-electron chi connectivity index (χ1n) is 5.68. The summed E-state index contributed by atoms with van der Waals surface area (Å²) in [4.78, 5) is 21.8. The molecule has 1 rings (SSSR count). The van der Waals surface area contributed by atoms with E-state index in [9.17, 15) is 18.0 Å². The number of carbonyl (C=O) groups is 2. The van der Waals surface area contributed by atoms with Crippen LogP contribution < -0.4 is 0 Å². The van der Waals surface area contributed by atoms with Gasteiger partial charge in [0.2, 0.25) is 15.8 Å². The molecule has 0 spiro atoms. The Balaban J connectivity index is 3.05. The van der Waals surface area contributed by atoms with E-state index in [2.05, 4.69) is 20.7 Å². The summed E-state index contributed by atoms with van der Waals surface area (Å²) in [6.45, 7) is 1.40. The first-order chi connectivity index (χ1) is 9.61. The van der Waals surface area contributed by atoms with Crippen LogP contribution in [0.1, 0.15) is 17.5 Å². The molecule has 1 atom stereocenters. The Morgan fingerprint density at radius 2 is 2.10 bits per heavy atom. The molecule has 0 saturated heterocycles. The van der Waals surface area contributed by atoms with Gasteiger partial charge in [0.05, 0.1) is 13.0 Å². The molecule has 0 aliphatic heterocycles. The molecule has 10 heteroatoms. The van der Waals surface area contributed by atoms with Gasteiger partial charge in [-0.15, -0.1) is 0 Å². The number of esters is 1. The average molecular weight is 384 g/mol. The van der Waals surface area contributed by atoms with Gasteiger partial charge in [0.25, 0.3) is 0 Å². The number of ether oxygens (including phenoxy) is 1. The molecule has 0 radical (unpaired) electrons. The third kappa shape index (κ3) is 3.83. The molecule has 0 aromatic carbocycles. The van der Waals surface area contributed by atoms with Gasteiger partial charge in [-0.3, -0.25) is 4.79 Å². The van der Waals surface area contributed by atoms with E-state index < -0.39 is 33.6 Å². The first-order valence-corrected chi connectivity index (χ1v) is 7.91. The van der Waals surface area contributed by atoms with Gasteiger partial charge in [0.15, 0.2) is 4.67 Å². The SMILES string of the molecule is COC(=O)C(C)CN(C)S(=O)(=O)c1cc(C(=O)O)oc1Br. The normalized spacial score (nSPS) is 13.2. The van der Waals surface area contributed by atoms with Crippen LogP contribution >= 0.6 is 15.9 Å². The van der Waals surface area contributed by atoms with E-state index in [4.69, 9.17) is 9.52 Å². The van der Waals surface area contributed by atoms with Gasteiger partial charge < -0.3 is 14.3 Å². The molecule has 0 amide bonds. The number of halogens is 1. The monoisotopic (exact) mass is 383 g/mol. The quantitative estimate of drug-likeness (QED) is 0.733. The summed E-state index contributed by atoms with van der Waals surface area (Å²) in [5, 5.41) is 8.79. The fourth-order valence-corrected chi connectivity index (χ4v) is 3.72. The van der Waals surface area contributed by atoms with Crippen LogP contribution in [0.25, 0.3) is 0 Å². The zero-order chi connectivity index (χ0) is 16.4. The molecule has 0 aliphatic rings. The number of hydrogen-bond acceptors (Lipinski definition) is 6. The van der Waals surface area contributed by atoms with Crippen molar-refractivity contribution in [3.05, 3.63) is 16.5 Å². The van der Waals surface area contributed by atoms with E-state index in [1.165, 1.54) is 21.1 Å². The van der Waals surface area contributed by atoms with Crippen LogP contribution in [0, 0.1) is 5.92 Å². The summed E-state index contributed by atoms with van der Waals surface area (Å²) in [6, 6.07) is 0.904. The Kier molecular flexibility index (Phi) is 5.54. The number of carboxylic acid groups (broad SMARTS) is 1. The van der Waals surface area contributed by atoms with Gasteiger partial charge in [-0.25, -0.2) is 13.2 Å². The Labute approximate surface area is 129 Å². The van der Waals surface area contributed by atoms with Crippen LogP contribution in [0.3, 0.4) is 0 Å². The molecular formula is C11H14BrNO7S. The lowest BCUT2D eigenvalue weighted by Crippen LogP contribution is -2.34. The number of hydrogen-bond donors (Lipinski definition) is 1. The highest BCUT2D eigenvalue weighted by atomic mass is 79.9. The average Bonchev–Trinajstić information content (AvgIpc) is 2.80. The zero-order valence-electron chi connectivity index (χ0n) is 11.5. The van der Waals surface area contributed by atoms with E-state index in [0.717, 1.165) is 10.4 Å². The second-order valence-electron chi connectivity index (χ2n) is 4.26. The maximum Gasteiger partial charge on any atom is 0.371 e. The Bertz CT molecular complexity index is 652. The zero-order valence-corrected chi connectivity index (χ0v) is 13.9. The number of sulfonamides is 1. The summed E-state index contributed by atoms with van der Waals surface area (Å²) in [7, 11) is -1.52. The largest absolute Gasteiger partial charge is 0.475 e. The van der Waals surface area contributed by atoms with Gasteiger partial charge >= 0.3 is 11.9 Å². The van der Waals surface area contributed by atoms with Gasteiger partial charge in [-0.2, -0.15) is 4.31 Å². The standard InChI is InChI=1S/C11H14BrNO7S/c1-6(11(16)19-3)5-13(2)21(17,18)8-4-7(10(14)15)20-9(8)12/h4,6H,5H2,1-3H3,(H,14,15). The summed E-state index contributed by atoms with van der Waals surface area (Å²) < 4.78 is 34.7. The summed E-state index contributed by atoms with van der Waals surface area (Å²) in [5.41, 5.74) is 0. The fraction of sp³-hybridized carbons (Fsp3) is 0.455. The third-order valence-electron chi connectivity index (χ3n) is 2.69. The van der Waals surface area contributed by atoms with Crippen molar-refractivity contribution >= 4 is 37.9 Å². The lowest BCUT2D eigenvalue weighted by atomic mass is 10.2. The number of aromatic carboxylic acids is 1. The number of carbonyl (C=O) groups excluding carboxylic acids is 1. The minimum absolute atomic E-state index is 0.116. The van der Waals surface area contributed by atoms with Crippen LogP contribution in [-0.2, 0) is 19.6 Å². The van der Waals surface area contributed by atoms with Gasteiger partial charge in [-0.05, 0) is 15.9 Å². The van der Waals surface area contributed by atoms with E-state index in [1.807, 2.05) is 0 Å². The van der Waals surface area contributed by atoms with E-state index >= 15 is 0 Å². The second-order valence-corrected chi connectivity index (χ2v) is 7.00. The molecule has 0 bridgehead atoms. The topological polar surface area (TPSA) is 114 Å². The molecule has 0 aliphatic carbocycles. The molecule has 1 unspecified atom stereocenters. The highest BCUT2D eigenvalue weighted by Gasteiger charge is 2.30. The van der Waals surface area contributed by atoms with Gasteiger partial charge in [0, 0.05) is 19.7 Å². The summed E-state index contributed by atoms with van der Waals surface area (Å²) in [5.74, 6) is -3.11. The van der Waals surface area contributed by atoms with Crippen molar-refractivity contribution < 1.29 is 32.3 Å². The Morgan fingerprint density at radius 3 is 2.52 bits per heavy atom. The molecule has 0 saturated carbocycles. The van der Waals surface area contributed by atoms with Crippen LogP contribution in [0.4, 0.5) is 0 Å². The van der Waals surface area contributed by atoms with Gasteiger partial charge in [-0.1, -0.05) is 6.92 Å². The maximum atomic E-state index is 12.3. The van der Waals surface area contributed by atoms with E-state index in [1.54, 1.807) is 0 Å². The summed E-state index contributed by atoms with van der Waals surface area (Å²) >= 11 is 2.87. The van der Waals surface area contributed by atoms with Gasteiger partial charge in [0.1, 0.15) is 4.90 Å². The van der Waals surface area contributed by atoms with Crippen molar-refractivity contribution in [3.8, 4) is 0 Å². The van der Waals surface area contributed by atoms with Crippen molar-refractivity contribution in [2.45, 2.75) is 11.8 Å². The molecule has 1 aromatic heterocycles. The summed E-state index contributed by atoms with van der Waals surface area (Å²) in [6.07, 6.45) is 0. The van der Waals surface area contributed by atoms with Crippen molar-refractivity contribution in [2.24, 2.45) is 5.92 Å². The number of rotatable bonds is 6. The lowest BCUT2D eigenvalue weighted by Gasteiger charge is -2.19. The molecule has 8 nitrogen and oxygen atoms in total. The highest BCUT2D eigenvalue weighted by Crippen LogP contribution is 2.28. The molecule has 118 valence electrons. The smallest absolute Gasteiger partial charge is 0.371 e. The fourth-order valence-electron chi connectivity index (χ4n) is 1.56.